The molecule has 1 aliphatic heterocycles. The first-order valence-electron chi connectivity index (χ1n) is 5.88. The lowest BCUT2D eigenvalue weighted by molar-refractivity contribution is 0.365. The van der Waals surface area contributed by atoms with Crippen LogP contribution in [0.15, 0.2) is 0 Å². The van der Waals surface area contributed by atoms with Crippen LogP contribution < -0.4 is 10.1 Å². The Labute approximate surface area is 97.0 Å². The molecule has 1 aromatic rings. The fourth-order valence-corrected chi connectivity index (χ4v) is 2.91. The summed E-state index contributed by atoms with van der Waals surface area (Å²) in [5.41, 5.74) is 2.36. The second kappa shape index (κ2) is 4.09. The van der Waals surface area contributed by atoms with E-state index in [0.29, 0.717) is 18.0 Å². The fraction of sp³-hybridized carbons (Fsp3) is 0.750. The van der Waals surface area contributed by atoms with E-state index in [1.807, 2.05) is 11.7 Å². The maximum Gasteiger partial charge on any atom is 0.215 e. The Balaban J connectivity index is 2.39. The van der Waals surface area contributed by atoms with E-state index in [1.165, 1.54) is 5.56 Å². The largest absolute Gasteiger partial charge is 0.481 e. The number of hydrogen-bond acceptors (Lipinski definition) is 3. The van der Waals surface area contributed by atoms with Crippen molar-refractivity contribution in [3.63, 3.8) is 0 Å². The van der Waals surface area contributed by atoms with Crippen LogP contribution in [0.1, 0.15) is 37.4 Å². The first-order valence-corrected chi connectivity index (χ1v) is 5.88. The number of rotatable bonds is 2. The fourth-order valence-electron chi connectivity index (χ4n) is 2.91. The lowest BCUT2D eigenvalue weighted by Gasteiger charge is -2.16. The third kappa shape index (κ3) is 1.71. The Morgan fingerprint density at radius 1 is 1.44 bits per heavy atom. The summed E-state index contributed by atoms with van der Waals surface area (Å²) in [5, 5.41) is 8.01. The Bertz CT molecular complexity index is 386. The molecule has 1 saturated heterocycles. The normalized spacial score (nSPS) is 29.7. The molecule has 1 aliphatic rings. The summed E-state index contributed by atoms with van der Waals surface area (Å²) in [4.78, 5) is 0. The van der Waals surface area contributed by atoms with E-state index in [2.05, 4.69) is 31.2 Å². The summed E-state index contributed by atoms with van der Waals surface area (Å²) >= 11 is 0. The van der Waals surface area contributed by atoms with Gasteiger partial charge in [-0.05, 0) is 27.2 Å². The van der Waals surface area contributed by atoms with Gasteiger partial charge in [-0.15, -0.1) is 0 Å². The molecule has 1 fully saturated rings. The zero-order valence-electron chi connectivity index (χ0n) is 10.7. The molecule has 16 heavy (non-hydrogen) atoms. The highest BCUT2D eigenvalue weighted by molar-refractivity contribution is 5.36. The number of hydrogen-bond donors (Lipinski definition) is 1. The number of methoxy groups -OCH3 is 1. The lowest BCUT2D eigenvalue weighted by atomic mass is 9.92. The molecule has 4 heteroatoms. The van der Waals surface area contributed by atoms with Crippen LogP contribution in [-0.4, -0.2) is 29.0 Å². The second-order valence-electron chi connectivity index (χ2n) is 4.83. The summed E-state index contributed by atoms with van der Waals surface area (Å²) in [6.45, 7) is 6.53. The first kappa shape index (κ1) is 11.5. The van der Waals surface area contributed by atoms with Crippen LogP contribution in [0, 0.1) is 6.92 Å². The molecule has 3 atom stereocenters. The van der Waals surface area contributed by atoms with E-state index in [4.69, 9.17) is 4.74 Å². The van der Waals surface area contributed by atoms with E-state index >= 15 is 0 Å². The smallest absolute Gasteiger partial charge is 0.215 e. The third-order valence-electron chi connectivity index (χ3n) is 3.54. The van der Waals surface area contributed by atoms with E-state index < -0.39 is 0 Å². The van der Waals surface area contributed by atoms with Gasteiger partial charge in [0.05, 0.1) is 12.8 Å². The first-order chi connectivity index (χ1) is 7.54. The molecule has 2 rings (SSSR count). The Hall–Kier alpha value is -1.03. The van der Waals surface area contributed by atoms with E-state index in [1.54, 1.807) is 7.11 Å². The maximum absolute atomic E-state index is 5.47. The molecule has 0 saturated carbocycles. The molecule has 2 heterocycles. The van der Waals surface area contributed by atoms with Crippen molar-refractivity contribution >= 4 is 0 Å². The summed E-state index contributed by atoms with van der Waals surface area (Å²) in [5.74, 6) is 1.42. The summed E-state index contributed by atoms with van der Waals surface area (Å²) in [7, 11) is 3.65. The Kier molecular flexibility index (Phi) is 2.93. The molecule has 1 N–H and O–H groups in total. The predicted molar refractivity (Wildman–Crippen MR) is 63.9 cm³/mol. The molecule has 90 valence electrons. The number of aromatic nitrogens is 2. The van der Waals surface area contributed by atoms with E-state index in [0.717, 1.165) is 18.0 Å². The number of aryl methyl sites for hydroxylation is 2. The van der Waals surface area contributed by atoms with Gasteiger partial charge in [0.15, 0.2) is 0 Å². The van der Waals surface area contributed by atoms with Crippen molar-refractivity contribution in [2.24, 2.45) is 7.05 Å². The summed E-state index contributed by atoms with van der Waals surface area (Å²) < 4.78 is 7.30. The van der Waals surface area contributed by atoms with Crippen LogP contribution in [0.2, 0.25) is 0 Å². The zero-order chi connectivity index (χ0) is 11.9. The van der Waals surface area contributed by atoms with Crippen LogP contribution in [0.3, 0.4) is 0 Å². The van der Waals surface area contributed by atoms with Gasteiger partial charge in [-0.25, -0.2) is 4.68 Å². The van der Waals surface area contributed by atoms with Crippen molar-refractivity contribution < 1.29 is 4.74 Å². The Morgan fingerprint density at radius 3 is 2.62 bits per heavy atom. The topological polar surface area (TPSA) is 39.1 Å². The standard InChI is InChI=1S/C12H21N3O/c1-7-6-10(8(2)13-7)11-9(3)14-15(4)12(11)16-5/h7-8,10,13H,6H2,1-5H3. The molecular weight excluding hydrogens is 202 g/mol. The third-order valence-corrected chi connectivity index (χ3v) is 3.54. The maximum atomic E-state index is 5.47. The quantitative estimate of drug-likeness (QED) is 0.827. The lowest BCUT2D eigenvalue weighted by Crippen LogP contribution is -2.26. The van der Waals surface area contributed by atoms with Gasteiger partial charge in [0.25, 0.3) is 0 Å². The average Bonchev–Trinajstić information content (AvgIpc) is 2.66. The van der Waals surface area contributed by atoms with Gasteiger partial charge in [-0.1, -0.05) is 0 Å². The minimum atomic E-state index is 0.492. The van der Waals surface area contributed by atoms with Crippen LogP contribution in [0.4, 0.5) is 0 Å². The highest BCUT2D eigenvalue weighted by Gasteiger charge is 2.34. The predicted octanol–water partition coefficient (Wildman–Crippen LogP) is 1.59. The van der Waals surface area contributed by atoms with Gasteiger partial charge in [0.1, 0.15) is 0 Å². The van der Waals surface area contributed by atoms with Crippen molar-refractivity contribution in [1.82, 2.24) is 15.1 Å². The van der Waals surface area contributed by atoms with Gasteiger partial charge >= 0.3 is 0 Å². The van der Waals surface area contributed by atoms with Crippen LogP contribution in [0.25, 0.3) is 0 Å². The van der Waals surface area contributed by atoms with Crippen LogP contribution in [0.5, 0.6) is 5.88 Å². The average molecular weight is 223 g/mol. The van der Waals surface area contributed by atoms with Crippen molar-refractivity contribution in [3.05, 3.63) is 11.3 Å². The van der Waals surface area contributed by atoms with E-state index in [-0.39, 0.29) is 0 Å². The van der Waals surface area contributed by atoms with E-state index in [9.17, 15) is 0 Å². The number of nitrogens with one attached hydrogen (secondary N) is 1. The Morgan fingerprint density at radius 2 is 2.12 bits per heavy atom. The molecule has 0 aromatic carbocycles. The van der Waals surface area contributed by atoms with Crippen molar-refractivity contribution in [2.45, 2.75) is 45.2 Å². The van der Waals surface area contributed by atoms with Crippen molar-refractivity contribution in [3.8, 4) is 5.88 Å². The second-order valence-corrected chi connectivity index (χ2v) is 4.83. The minimum absolute atomic E-state index is 0.492. The van der Waals surface area contributed by atoms with Gasteiger partial charge < -0.3 is 10.1 Å². The highest BCUT2D eigenvalue weighted by Crippen LogP contribution is 2.37. The summed E-state index contributed by atoms with van der Waals surface area (Å²) in [6, 6.07) is 1.07. The number of nitrogens with zero attached hydrogens (tertiary/aromatic N) is 2. The number of ether oxygens (including phenoxy) is 1. The molecule has 0 radical (unpaired) electrons. The highest BCUT2D eigenvalue weighted by atomic mass is 16.5. The van der Waals surface area contributed by atoms with Gasteiger partial charge in [0.2, 0.25) is 5.88 Å². The molecule has 0 spiro atoms. The SMILES string of the molecule is COc1c(C2CC(C)NC2C)c(C)nn1C. The molecule has 4 nitrogen and oxygen atoms in total. The molecule has 0 aliphatic carbocycles. The van der Waals surface area contributed by atoms with Gasteiger partial charge in [-0.3, -0.25) is 0 Å². The van der Waals surface area contributed by atoms with Crippen LogP contribution >= 0.6 is 0 Å². The van der Waals surface area contributed by atoms with Crippen molar-refractivity contribution in [1.29, 1.82) is 0 Å². The van der Waals surface area contributed by atoms with Gasteiger partial charge in [0, 0.05) is 30.6 Å². The molecule has 1 aromatic heterocycles. The summed E-state index contributed by atoms with van der Waals surface area (Å²) in [6.07, 6.45) is 1.16. The molecular formula is C12H21N3O. The molecule has 0 amide bonds. The van der Waals surface area contributed by atoms with Crippen LogP contribution in [-0.2, 0) is 7.05 Å². The minimum Gasteiger partial charge on any atom is -0.481 e. The van der Waals surface area contributed by atoms with Crippen molar-refractivity contribution in [2.75, 3.05) is 7.11 Å². The molecule has 0 bridgehead atoms. The zero-order valence-corrected chi connectivity index (χ0v) is 10.7. The monoisotopic (exact) mass is 223 g/mol. The molecule has 3 unspecified atom stereocenters. The van der Waals surface area contributed by atoms with Gasteiger partial charge in [-0.2, -0.15) is 5.10 Å².